The van der Waals surface area contributed by atoms with E-state index < -0.39 is 0 Å². The Balaban J connectivity index is 1.74. The van der Waals surface area contributed by atoms with Crippen molar-refractivity contribution in [2.24, 2.45) is 5.92 Å². The SMILES string of the molecule is CC(C)C(C)NC(=O)c1ccc(CN(Cc2ccc(F)cc2)Cc2cccc(F)c2)o1. The molecule has 0 spiro atoms. The molecule has 1 unspecified atom stereocenters. The van der Waals surface area contributed by atoms with E-state index in [-0.39, 0.29) is 29.3 Å². The molecular formula is C25H28F2N2O2. The van der Waals surface area contributed by atoms with Gasteiger partial charge in [0.2, 0.25) is 0 Å². The lowest BCUT2D eigenvalue weighted by molar-refractivity contribution is 0.0898. The highest BCUT2D eigenvalue weighted by Gasteiger charge is 2.17. The van der Waals surface area contributed by atoms with E-state index in [1.165, 1.54) is 24.3 Å². The van der Waals surface area contributed by atoms with Crippen LogP contribution in [0.15, 0.2) is 65.1 Å². The number of carbonyl (C=O) groups is 1. The molecule has 0 aliphatic rings. The Hall–Kier alpha value is -2.99. The van der Waals surface area contributed by atoms with E-state index in [0.717, 1.165) is 11.1 Å². The Bertz CT molecular complexity index is 999. The van der Waals surface area contributed by atoms with E-state index in [1.807, 2.05) is 26.8 Å². The minimum Gasteiger partial charge on any atom is -0.455 e. The average Bonchev–Trinajstić information content (AvgIpc) is 3.18. The van der Waals surface area contributed by atoms with Crippen molar-refractivity contribution < 1.29 is 18.0 Å². The second kappa shape index (κ2) is 10.4. The molecular weight excluding hydrogens is 398 g/mol. The Kier molecular flexibility index (Phi) is 7.58. The van der Waals surface area contributed by atoms with E-state index in [2.05, 4.69) is 10.2 Å². The fraction of sp³-hybridized carbons (Fsp3) is 0.320. The standard InChI is InChI=1S/C25H28F2N2O2/c1-17(2)18(3)28-25(30)24-12-11-23(31-24)16-29(14-19-7-9-21(26)10-8-19)15-20-5-4-6-22(27)13-20/h4-13,17-18H,14-16H2,1-3H3,(H,28,30). The van der Waals surface area contributed by atoms with E-state index in [4.69, 9.17) is 4.42 Å². The summed E-state index contributed by atoms with van der Waals surface area (Å²) in [5.41, 5.74) is 1.74. The summed E-state index contributed by atoms with van der Waals surface area (Å²) in [5, 5.41) is 2.93. The summed E-state index contributed by atoms with van der Waals surface area (Å²) in [5.74, 6) is 0.363. The van der Waals surface area contributed by atoms with Crippen molar-refractivity contribution in [3.63, 3.8) is 0 Å². The average molecular weight is 427 g/mol. The third-order valence-electron chi connectivity index (χ3n) is 5.24. The zero-order valence-corrected chi connectivity index (χ0v) is 18.1. The number of halogens is 2. The molecule has 3 aromatic rings. The molecule has 2 aromatic carbocycles. The largest absolute Gasteiger partial charge is 0.455 e. The summed E-state index contributed by atoms with van der Waals surface area (Å²) in [4.78, 5) is 14.5. The summed E-state index contributed by atoms with van der Waals surface area (Å²) in [6, 6.07) is 16.2. The molecule has 0 saturated carbocycles. The van der Waals surface area contributed by atoms with Gasteiger partial charge in [0.25, 0.3) is 5.91 Å². The summed E-state index contributed by atoms with van der Waals surface area (Å²) < 4.78 is 32.7. The van der Waals surface area contributed by atoms with E-state index in [0.29, 0.717) is 31.3 Å². The van der Waals surface area contributed by atoms with Crippen molar-refractivity contribution in [2.75, 3.05) is 0 Å². The molecule has 4 nitrogen and oxygen atoms in total. The highest BCUT2D eigenvalue weighted by molar-refractivity contribution is 5.91. The molecule has 0 fully saturated rings. The van der Waals surface area contributed by atoms with Crippen LogP contribution in [-0.4, -0.2) is 16.8 Å². The molecule has 0 aliphatic heterocycles. The molecule has 1 heterocycles. The quantitative estimate of drug-likeness (QED) is 0.489. The van der Waals surface area contributed by atoms with Crippen LogP contribution in [0.5, 0.6) is 0 Å². The molecule has 1 aromatic heterocycles. The van der Waals surface area contributed by atoms with Gasteiger partial charge in [-0.1, -0.05) is 38.1 Å². The van der Waals surface area contributed by atoms with Gasteiger partial charge in [-0.2, -0.15) is 0 Å². The third-order valence-corrected chi connectivity index (χ3v) is 5.24. The Morgan fingerprint density at radius 3 is 2.29 bits per heavy atom. The lowest BCUT2D eigenvalue weighted by Crippen LogP contribution is -2.35. The van der Waals surface area contributed by atoms with Gasteiger partial charge in [0.15, 0.2) is 5.76 Å². The zero-order valence-electron chi connectivity index (χ0n) is 18.1. The van der Waals surface area contributed by atoms with Crippen LogP contribution in [0.4, 0.5) is 8.78 Å². The number of nitrogens with one attached hydrogen (secondary N) is 1. The van der Waals surface area contributed by atoms with Gasteiger partial charge in [-0.15, -0.1) is 0 Å². The number of carbonyl (C=O) groups excluding carboxylic acids is 1. The van der Waals surface area contributed by atoms with Gasteiger partial charge in [-0.05, 0) is 60.4 Å². The van der Waals surface area contributed by atoms with Gasteiger partial charge in [0, 0.05) is 19.1 Å². The second-order valence-electron chi connectivity index (χ2n) is 8.17. The first-order valence-electron chi connectivity index (χ1n) is 10.4. The van der Waals surface area contributed by atoms with Crippen LogP contribution in [-0.2, 0) is 19.6 Å². The maximum absolute atomic E-state index is 13.6. The number of amides is 1. The Morgan fingerprint density at radius 2 is 1.61 bits per heavy atom. The lowest BCUT2D eigenvalue weighted by atomic mass is 10.1. The van der Waals surface area contributed by atoms with Crippen molar-refractivity contribution >= 4 is 5.91 Å². The van der Waals surface area contributed by atoms with E-state index >= 15 is 0 Å². The number of rotatable bonds is 9. The molecule has 0 aliphatic carbocycles. The van der Waals surface area contributed by atoms with Crippen LogP contribution < -0.4 is 5.32 Å². The van der Waals surface area contributed by atoms with Gasteiger partial charge >= 0.3 is 0 Å². The van der Waals surface area contributed by atoms with Crippen molar-refractivity contribution in [1.29, 1.82) is 0 Å². The topological polar surface area (TPSA) is 45.5 Å². The smallest absolute Gasteiger partial charge is 0.287 e. The summed E-state index contributed by atoms with van der Waals surface area (Å²) in [6.07, 6.45) is 0. The van der Waals surface area contributed by atoms with Crippen LogP contribution in [0, 0.1) is 17.6 Å². The maximum atomic E-state index is 13.6. The zero-order chi connectivity index (χ0) is 22.4. The van der Waals surface area contributed by atoms with Crippen molar-refractivity contribution in [2.45, 2.75) is 46.4 Å². The Morgan fingerprint density at radius 1 is 0.903 bits per heavy atom. The Labute approximate surface area is 181 Å². The fourth-order valence-corrected chi connectivity index (χ4v) is 3.16. The van der Waals surface area contributed by atoms with Crippen molar-refractivity contribution in [3.8, 4) is 0 Å². The number of hydrogen-bond acceptors (Lipinski definition) is 3. The molecule has 0 bridgehead atoms. The first-order valence-corrected chi connectivity index (χ1v) is 10.4. The summed E-state index contributed by atoms with van der Waals surface area (Å²) >= 11 is 0. The molecule has 0 radical (unpaired) electrons. The maximum Gasteiger partial charge on any atom is 0.287 e. The molecule has 164 valence electrons. The van der Waals surface area contributed by atoms with Gasteiger partial charge in [-0.3, -0.25) is 9.69 Å². The highest BCUT2D eigenvalue weighted by atomic mass is 19.1. The number of furan rings is 1. The molecule has 6 heteroatoms. The van der Waals surface area contributed by atoms with Gasteiger partial charge in [0.1, 0.15) is 17.4 Å². The normalized spacial score (nSPS) is 12.4. The minimum atomic E-state index is -0.296. The summed E-state index contributed by atoms with van der Waals surface area (Å²) in [7, 11) is 0. The molecule has 31 heavy (non-hydrogen) atoms. The number of benzene rings is 2. The third kappa shape index (κ3) is 6.76. The molecule has 1 amide bonds. The highest BCUT2D eigenvalue weighted by Crippen LogP contribution is 2.17. The number of nitrogens with zero attached hydrogens (tertiary/aromatic N) is 1. The van der Waals surface area contributed by atoms with Gasteiger partial charge in [-0.25, -0.2) is 8.78 Å². The first kappa shape index (κ1) is 22.7. The van der Waals surface area contributed by atoms with Crippen molar-refractivity contribution in [1.82, 2.24) is 10.2 Å². The van der Waals surface area contributed by atoms with Crippen LogP contribution in [0.25, 0.3) is 0 Å². The van der Waals surface area contributed by atoms with E-state index in [9.17, 15) is 13.6 Å². The molecule has 3 rings (SSSR count). The summed E-state index contributed by atoms with van der Waals surface area (Å²) in [6.45, 7) is 7.44. The lowest BCUT2D eigenvalue weighted by Gasteiger charge is -2.22. The predicted octanol–water partition coefficient (Wildman–Crippen LogP) is 5.53. The molecule has 0 saturated heterocycles. The van der Waals surface area contributed by atoms with Crippen LogP contribution in [0.1, 0.15) is 48.2 Å². The fourth-order valence-electron chi connectivity index (χ4n) is 3.16. The molecule has 1 atom stereocenters. The minimum absolute atomic E-state index is 0.0315. The van der Waals surface area contributed by atoms with E-state index in [1.54, 1.807) is 30.3 Å². The predicted molar refractivity (Wildman–Crippen MR) is 116 cm³/mol. The van der Waals surface area contributed by atoms with Gasteiger partial charge < -0.3 is 9.73 Å². The van der Waals surface area contributed by atoms with Gasteiger partial charge in [0.05, 0.1) is 6.54 Å². The monoisotopic (exact) mass is 426 g/mol. The van der Waals surface area contributed by atoms with Crippen LogP contribution in [0.2, 0.25) is 0 Å². The van der Waals surface area contributed by atoms with Crippen molar-refractivity contribution in [3.05, 3.63) is 94.9 Å². The number of hydrogen-bond donors (Lipinski definition) is 1. The van der Waals surface area contributed by atoms with Crippen LogP contribution >= 0.6 is 0 Å². The first-order chi connectivity index (χ1) is 14.8. The molecule has 1 N–H and O–H groups in total. The van der Waals surface area contributed by atoms with Crippen LogP contribution in [0.3, 0.4) is 0 Å². The second-order valence-corrected chi connectivity index (χ2v) is 8.17.